The number of pyridine rings is 1. The van der Waals surface area contributed by atoms with Gasteiger partial charge in [-0.1, -0.05) is 18.2 Å². The molecule has 27 heavy (non-hydrogen) atoms. The van der Waals surface area contributed by atoms with E-state index in [9.17, 15) is 0 Å². The Balaban J connectivity index is 1.37. The van der Waals surface area contributed by atoms with Crippen LogP contribution in [-0.2, 0) is 6.54 Å². The van der Waals surface area contributed by atoms with E-state index in [1.165, 1.54) is 49.0 Å². The van der Waals surface area contributed by atoms with E-state index in [1.807, 2.05) is 6.20 Å². The molecule has 5 heteroatoms. The minimum Gasteiger partial charge on any atom is -0.371 e. The number of likely N-dealkylation sites (tertiary alicyclic amines) is 1. The van der Waals surface area contributed by atoms with Gasteiger partial charge in [0.05, 0.1) is 11.8 Å². The highest BCUT2D eigenvalue weighted by molar-refractivity contribution is 5.92. The van der Waals surface area contributed by atoms with Crippen LogP contribution in [0.2, 0.25) is 0 Å². The zero-order valence-corrected chi connectivity index (χ0v) is 16.0. The standard InChI is InChI=1S/C22H27N5/c1-17-13-21(19-5-2-3-6-20(19)25-17)26-11-8-22(9-12-26)7-4-10-27(22)15-18-14-23-16-24-18/h2-3,5-6,13-14,16H,4,7-12,15H2,1H3,(H,23,24). The van der Waals surface area contributed by atoms with Crippen LogP contribution < -0.4 is 4.90 Å². The number of rotatable bonds is 3. The Kier molecular flexibility index (Phi) is 4.12. The highest BCUT2D eigenvalue weighted by Crippen LogP contribution is 2.41. The Bertz CT molecular complexity index is 925. The molecule has 0 aliphatic carbocycles. The van der Waals surface area contributed by atoms with Crippen LogP contribution in [0.5, 0.6) is 0 Å². The van der Waals surface area contributed by atoms with E-state index in [-0.39, 0.29) is 0 Å². The summed E-state index contributed by atoms with van der Waals surface area (Å²) >= 11 is 0. The summed E-state index contributed by atoms with van der Waals surface area (Å²) in [5.41, 5.74) is 5.15. The van der Waals surface area contributed by atoms with Crippen LogP contribution >= 0.6 is 0 Å². The van der Waals surface area contributed by atoms with Gasteiger partial charge in [0.2, 0.25) is 0 Å². The quantitative estimate of drug-likeness (QED) is 0.769. The third kappa shape index (κ3) is 3.00. The summed E-state index contributed by atoms with van der Waals surface area (Å²) in [5, 5.41) is 1.28. The van der Waals surface area contributed by atoms with Crippen molar-refractivity contribution in [3.8, 4) is 0 Å². The molecular weight excluding hydrogens is 334 g/mol. The fraction of sp³-hybridized carbons (Fsp3) is 0.455. The first kappa shape index (κ1) is 16.8. The Morgan fingerprint density at radius 2 is 1.96 bits per heavy atom. The molecule has 140 valence electrons. The lowest BCUT2D eigenvalue weighted by Gasteiger charge is -2.46. The van der Waals surface area contributed by atoms with Gasteiger partial charge in [-0.2, -0.15) is 0 Å². The predicted molar refractivity (Wildman–Crippen MR) is 109 cm³/mol. The van der Waals surface area contributed by atoms with Crippen molar-refractivity contribution in [2.45, 2.75) is 44.7 Å². The second-order valence-corrected chi connectivity index (χ2v) is 8.11. The highest BCUT2D eigenvalue weighted by atomic mass is 15.3. The van der Waals surface area contributed by atoms with E-state index in [4.69, 9.17) is 4.98 Å². The van der Waals surface area contributed by atoms with Crippen molar-refractivity contribution in [3.63, 3.8) is 0 Å². The molecule has 2 saturated heterocycles. The molecule has 1 N–H and O–H groups in total. The normalized spacial score (nSPS) is 20.0. The van der Waals surface area contributed by atoms with Gasteiger partial charge in [0, 0.05) is 53.8 Å². The Morgan fingerprint density at radius 3 is 2.78 bits per heavy atom. The molecule has 1 spiro atoms. The van der Waals surface area contributed by atoms with Crippen LogP contribution in [0, 0.1) is 6.92 Å². The maximum Gasteiger partial charge on any atom is 0.0922 e. The van der Waals surface area contributed by atoms with Gasteiger partial charge >= 0.3 is 0 Å². The zero-order valence-electron chi connectivity index (χ0n) is 16.0. The molecule has 5 nitrogen and oxygen atoms in total. The molecule has 2 aromatic heterocycles. The summed E-state index contributed by atoms with van der Waals surface area (Å²) in [6.07, 6.45) is 8.86. The molecule has 2 aliphatic rings. The van der Waals surface area contributed by atoms with Gasteiger partial charge in [0.1, 0.15) is 0 Å². The van der Waals surface area contributed by atoms with E-state index < -0.39 is 0 Å². The van der Waals surface area contributed by atoms with Crippen LogP contribution in [0.4, 0.5) is 5.69 Å². The fourth-order valence-corrected chi connectivity index (χ4v) is 5.10. The number of hydrogen-bond donors (Lipinski definition) is 1. The molecule has 0 atom stereocenters. The smallest absolute Gasteiger partial charge is 0.0922 e. The number of para-hydroxylation sites is 1. The monoisotopic (exact) mass is 361 g/mol. The molecule has 1 aromatic carbocycles. The zero-order chi connectivity index (χ0) is 18.3. The first-order valence-electron chi connectivity index (χ1n) is 10.1. The summed E-state index contributed by atoms with van der Waals surface area (Å²) in [6, 6.07) is 10.8. The molecule has 0 bridgehead atoms. The highest BCUT2D eigenvalue weighted by Gasteiger charge is 2.43. The van der Waals surface area contributed by atoms with Gasteiger partial charge in [-0.15, -0.1) is 0 Å². The number of hydrogen-bond acceptors (Lipinski definition) is 4. The maximum atomic E-state index is 4.71. The summed E-state index contributed by atoms with van der Waals surface area (Å²) in [5.74, 6) is 0. The van der Waals surface area contributed by atoms with E-state index in [1.54, 1.807) is 6.33 Å². The Labute approximate surface area is 160 Å². The summed E-state index contributed by atoms with van der Waals surface area (Å²) in [6.45, 7) is 6.54. The molecule has 4 heterocycles. The van der Waals surface area contributed by atoms with Crippen molar-refractivity contribution in [3.05, 3.63) is 54.2 Å². The van der Waals surface area contributed by atoms with Gasteiger partial charge in [0.25, 0.3) is 0 Å². The number of aromatic amines is 1. The number of nitrogens with one attached hydrogen (secondary N) is 1. The number of fused-ring (bicyclic) bond motifs is 1. The Morgan fingerprint density at radius 1 is 1.11 bits per heavy atom. The molecule has 5 rings (SSSR count). The molecular formula is C22H27N5. The number of piperidine rings is 1. The average Bonchev–Trinajstić information content (AvgIpc) is 3.33. The van der Waals surface area contributed by atoms with Crippen molar-refractivity contribution in [1.82, 2.24) is 19.9 Å². The number of anilines is 1. The number of nitrogens with zero attached hydrogens (tertiary/aromatic N) is 4. The second-order valence-electron chi connectivity index (χ2n) is 8.11. The summed E-state index contributed by atoms with van der Waals surface area (Å²) in [7, 11) is 0. The average molecular weight is 361 g/mol. The lowest BCUT2D eigenvalue weighted by atomic mass is 9.84. The lowest BCUT2D eigenvalue weighted by molar-refractivity contribution is 0.0987. The topological polar surface area (TPSA) is 48.0 Å². The maximum absolute atomic E-state index is 4.71. The summed E-state index contributed by atoms with van der Waals surface area (Å²) < 4.78 is 0. The molecule has 2 aliphatic heterocycles. The fourth-order valence-electron chi connectivity index (χ4n) is 5.10. The SMILES string of the molecule is Cc1cc(N2CCC3(CCCN3Cc3cnc[nH]3)CC2)c2ccccc2n1. The van der Waals surface area contributed by atoms with Crippen LogP contribution in [0.15, 0.2) is 42.9 Å². The van der Waals surface area contributed by atoms with E-state index in [2.05, 4.69) is 57.0 Å². The van der Waals surface area contributed by atoms with Crippen LogP contribution in [-0.4, -0.2) is 45.0 Å². The van der Waals surface area contributed by atoms with Crippen molar-refractivity contribution in [2.24, 2.45) is 0 Å². The molecule has 2 fully saturated rings. The van der Waals surface area contributed by atoms with Crippen LogP contribution in [0.3, 0.4) is 0 Å². The van der Waals surface area contributed by atoms with Crippen LogP contribution in [0.1, 0.15) is 37.1 Å². The number of benzene rings is 1. The van der Waals surface area contributed by atoms with Crippen molar-refractivity contribution in [1.29, 1.82) is 0 Å². The van der Waals surface area contributed by atoms with Crippen molar-refractivity contribution in [2.75, 3.05) is 24.5 Å². The molecule has 0 amide bonds. The minimum absolute atomic E-state index is 0.361. The van der Waals surface area contributed by atoms with Crippen molar-refractivity contribution < 1.29 is 0 Å². The largest absolute Gasteiger partial charge is 0.371 e. The van der Waals surface area contributed by atoms with E-state index in [0.29, 0.717) is 5.54 Å². The molecule has 0 radical (unpaired) electrons. The van der Waals surface area contributed by atoms with Gasteiger partial charge in [0.15, 0.2) is 0 Å². The molecule has 3 aromatic rings. The number of H-pyrrole nitrogens is 1. The second kappa shape index (κ2) is 6.64. The number of aromatic nitrogens is 3. The third-order valence-corrected chi connectivity index (χ3v) is 6.51. The van der Waals surface area contributed by atoms with Gasteiger partial charge < -0.3 is 9.88 Å². The molecule has 0 unspecified atom stereocenters. The first-order valence-corrected chi connectivity index (χ1v) is 10.1. The third-order valence-electron chi connectivity index (χ3n) is 6.51. The first-order chi connectivity index (χ1) is 13.2. The minimum atomic E-state index is 0.361. The summed E-state index contributed by atoms with van der Waals surface area (Å²) in [4.78, 5) is 17.5. The molecule has 0 saturated carbocycles. The van der Waals surface area contributed by atoms with Gasteiger partial charge in [-0.3, -0.25) is 9.88 Å². The Hall–Kier alpha value is -2.40. The van der Waals surface area contributed by atoms with Gasteiger partial charge in [-0.05, 0) is 51.3 Å². The van der Waals surface area contributed by atoms with Crippen molar-refractivity contribution >= 4 is 16.6 Å². The van der Waals surface area contributed by atoms with Gasteiger partial charge in [-0.25, -0.2) is 4.98 Å². The predicted octanol–water partition coefficient (Wildman–Crippen LogP) is 3.90. The number of aryl methyl sites for hydroxylation is 1. The lowest BCUT2D eigenvalue weighted by Crippen LogP contribution is -2.52. The van der Waals surface area contributed by atoms with E-state index >= 15 is 0 Å². The van der Waals surface area contributed by atoms with Crippen LogP contribution in [0.25, 0.3) is 10.9 Å². The van der Waals surface area contributed by atoms with E-state index in [0.717, 1.165) is 30.8 Å². The number of imidazole rings is 1.